The Hall–Kier alpha value is -0.540. The van der Waals surface area contributed by atoms with Gasteiger partial charge in [-0.15, -0.1) is 0 Å². The third kappa shape index (κ3) is 1.36. The van der Waals surface area contributed by atoms with E-state index in [1.54, 1.807) is 16.8 Å². The number of fused-ring (bicyclic) bond motifs is 3. The molecule has 1 fully saturated rings. The Morgan fingerprint density at radius 1 is 1.35 bits per heavy atom. The van der Waals surface area contributed by atoms with Crippen molar-refractivity contribution >= 4 is 21.6 Å². The normalized spacial score (nSPS) is 30.1. The van der Waals surface area contributed by atoms with Crippen LogP contribution in [0.5, 0.6) is 0 Å². The van der Waals surface area contributed by atoms with Crippen molar-refractivity contribution in [3.63, 3.8) is 0 Å². The number of piperidine rings is 1. The summed E-state index contributed by atoms with van der Waals surface area (Å²) in [6, 6.07) is 5.29. The number of benzene rings is 1. The van der Waals surface area contributed by atoms with Crippen LogP contribution in [0.1, 0.15) is 29.9 Å². The largest absolute Gasteiger partial charge is 0.366 e. The first kappa shape index (κ1) is 10.4. The number of halogens is 1. The first-order valence-electron chi connectivity index (χ1n) is 6.65. The molecule has 0 aliphatic carbocycles. The second-order valence-electron chi connectivity index (χ2n) is 5.43. The van der Waals surface area contributed by atoms with Crippen molar-refractivity contribution in [3.8, 4) is 0 Å². The van der Waals surface area contributed by atoms with Crippen molar-refractivity contribution in [2.45, 2.75) is 31.2 Å². The molecular weight excluding hydrogens is 276 g/mol. The van der Waals surface area contributed by atoms with Crippen molar-refractivity contribution in [1.29, 1.82) is 0 Å². The van der Waals surface area contributed by atoms with Gasteiger partial charge in [0.15, 0.2) is 0 Å². The van der Waals surface area contributed by atoms with E-state index in [4.69, 9.17) is 0 Å². The van der Waals surface area contributed by atoms with Crippen molar-refractivity contribution in [2.24, 2.45) is 0 Å². The van der Waals surface area contributed by atoms with Gasteiger partial charge in [0.1, 0.15) is 0 Å². The molecule has 0 saturated carbocycles. The molecular formula is C14H17BrN2. The maximum Gasteiger partial charge on any atom is 0.0484 e. The summed E-state index contributed by atoms with van der Waals surface area (Å²) < 4.78 is 1.33. The van der Waals surface area contributed by atoms with Crippen molar-refractivity contribution in [3.05, 3.63) is 27.7 Å². The van der Waals surface area contributed by atoms with Crippen LogP contribution in [-0.2, 0) is 6.42 Å². The van der Waals surface area contributed by atoms with Crippen molar-refractivity contribution in [2.75, 3.05) is 24.5 Å². The van der Waals surface area contributed by atoms with E-state index in [1.165, 1.54) is 36.8 Å². The van der Waals surface area contributed by atoms with Crippen LogP contribution in [0, 0.1) is 0 Å². The van der Waals surface area contributed by atoms with Crippen LogP contribution in [0.3, 0.4) is 0 Å². The molecule has 2 nitrogen and oxygen atoms in total. The summed E-state index contributed by atoms with van der Waals surface area (Å²) in [5.41, 5.74) is 4.75. The lowest BCUT2D eigenvalue weighted by molar-refractivity contribution is 0.400. The SMILES string of the molecule is Brc1ccc2c3c1C1CCNCC1N3CCC2. The zero-order valence-electron chi connectivity index (χ0n) is 9.88. The smallest absolute Gasteiger partial charge is 0.0484 e. The summed E-state index contributed by atoms with van der Waals surface area (Å²) in [6.07, 6.45) is 3.87. The molecule has 1 saturated heterocycles. The second-order valence-corrected chi connectivity index (χ2v) is 6.29. The zero-order chi connectivity index (χ0) is 11.4. The maximum atomic E-state index is 3.78. The summed E-state index contributed by atoms with van der Waals surface area (Å²) in [7, 11) is 0. The Morgan fingerprint density at radius 3 is 3.24 bits per heavy atom. The molecule has 3 aliphatic heterocycles. The summed E-state index contributed by atoms with van der Waals surface area (Å²) in [5, 5.41) is 3.56. The Balaban J connectivity index is 1.93. The zero-order valence-corrected chi connectivity index (χ0v) is 11.5. The average molecular weight is 293 g/mol. The van der Waals surface area contributed by atoms with Gasteiger partial charge in [-0.2, -0.15) is 0 Å². The third-order valence-electron chi connectivity index (χ3n) is 4.60. The van der Waals surface area contributed by atoms with Gasteiger partial charge in [-0.25, -0.2) is 0 Å². The minimum Gasteiger partial charge on any atom is -0.366 e. The first-order chi connectivity index (χ1) is 8.36. The molecule has 0 aromatic heterocycles. The van der Waals surface area contributed by atoms with Crippen LogP contribution in [0.2, 0.25) is 0 Å². The van der Waals surface area contributed by atoms with Gasteiger partial charge in [0, 0.05) is 35.2 Å². The molecule has 3 heteroatoms. The Labute approximate surface area is 111 Å². The van der Waals surface area contributed by atoms with Crippen LogP contribution < -0.4 is 10.2 Å². The molecule has 1 aromatic carbocycles. The molecule has 0 amide bonds. The molecule has 17 heavy (non-hydrogen) atoms. The summed E-state index contributed by atoms with van der Waals surface area (Å²) >= 11 is 3.78. The van der Waals surface area contributed by atoms with E-state index in [9.17, 15) is 0 Å². The predicted octanol–water partition coefficient (Wildman–Crippen LogP) is 2.66. The maximum absolute atomic E-state index is 3.78. The van der Waals surface area contributed by atoms with Crippen molar-refractivity contribution in [1.82, 2.24) is 5.32 Å². The predicted molar refractivity (Wildman–Crippen MR) is 73.8 cm³/mol. The van der Waals surface area contributed by atoms with E-state index in [0.717, 1.165) is 12.5 Å². The third-order valence-corrected chi connectivity index (χ3v) is 5.29. The summed E-state index contributed by atoms with van der Waals surface area (Å²) in [6.45, 7) is 3.58. The van der Waals surface area contributed by atoms with Crippen LogP contribution in [-0.4, -0.2) is 25.7 Å². The lowest BCUT2D eigenvalue weighted by Gasteiger charge is -2.36. The highest BCUT2D eigenvalue weighted by molar-refractivity contribution is 9.10. The fourth-order valence-electron chi connectivity index (χ4n) is 3.91. The van der Waals surface area contributed by atoms with Gasteiger partial charge in [-0.1, -0.05) is 22.0 Å². The van der Waals surface area contributed by atoms with Gasteiger partial charge in [0.05, 0.1) is 0 Å². The van der Waals surface area contributed by atoms with E-state index in [-0.39, 0.29) is 0 Å². The Bertz CT molecular complexity index is 470. The first-order valence-corrected chi connectivity index (χ1v) is 7.44. The number of nitrogens with zero attached hydrogens (tertiary/aromatic N) is 1. The monoisotopic (exact) mass is 292 g/mol. The molecule has 0 spiro atoms. The molecule has 4 rings (SSSR count). The number of rotatable bonds is 0. The standard InChI is InChI=1S/C14H17BrN2/c15-11-4-3-9-2-1-7-17-12-8-16-6-5-10(12)13(11)14(9)17/h3-4,10,12,16H,1-2,5-8H2. The van der Waals surface area contributed by atoms with E-state index < -0.39 is 0 Å². The molecule has 2 unspecified atom stereocenters. The minimum absolute atomic E-state index is 0.705. The number of hydrogen-bond acceptors (Lipinski definition) is 2. The average Bonchev–Trinajstić information content (AvgIpc) is 2.71. The van der Waals surface area contributed by atoms with Crippen LogP contribution >= 0.6 is 15.9 Å². The van der Waals surface area contributed by atoms with E-state index in [2.05, 4.69) is 38.3 Å². The Morgan fingerprint density at radius 2 is 2.29 bits per heavy atom. The summed E-state index contributed by atoms with van der Waals surface area (Å²) in [4.78, 5) is 2.68. The fraction of sp³-hybridized carbons (Fsp3) is 0.571. The van der Waals surface area contributed by atoms with Gasteiger partial charge in [0.2, 0.25) is 0 Å². The lowest BCUT2D eigenvalue weighted by atomic mass is 9.88. The molecule has 90 valence electrons. The molecule has 3 heterocycles. The number of hydrogen-bond donors (Lipinski definition) is 1. The van der Waals surface area contributed by atoms with Gasteiger partial charge in [-0.3, -0.25) is 0 Å². The quantitative estimate of drug-likeness (QED) is 0.791. The highest BCUT2D eigenvalue weighted by atomic mass is 79.9. The molecule has 2 atom stereocenters. The van der Waals surface area contributed by atoms with Crippen LogP contribution in [0.25, 0.3) is 0 Å². The highest BCUT2D eigenvalue weighted by Crippen LogP contribution is 2.50. The van der Waals surface area contributed by atoms with Gasteiger partial charge < -0.3 is 10.2 Å². The van der Waals surface area contributed by atoms with E-state index in [0.29, 0.717) is 6.04 Å². The minimum atomic E-state index is 0.705. The van der Waals surface area contributed by atoms with Crippen molar-refractivity contribution < 1.29 is 0 Å². The van der Waals surface area contributed by atoms with E-state index in [1.807, 2.05) is 0 Å². The molecule has 0 bridgehead atoms. The van der Waals surface area contributed by atoms with Gasteiger partial charge in [0.25, 0.3) is 0 Å². The fourth-order valence-corrected chi connectivity index (χ4v) is 4.53. The molecule has 0 radical (unpaired) electrons. The highest BCUT2D eigenvalue weighted by Gasteiger charge is 2.42. The molecule has 1 N–H and O–H groups in total. The van der Waals surface area contributed by atoms with Gasteiger partial charge in [-0.05, 0) is 43.0 Å². The number of aryl methyl sites for hydroxylation is 1. The molecule has 1 aromatic rings. The number of nitrogens with one attached hydrogen (secondary N) is 1. The van der Waals surface area contributed by atoms with Crippen LogP contribution in [0.4, 0.5) is 5.69 Å². The Kier molecular flexibility index (Phi) is 2.28. The lowest BCUT2D eigenvalue weighted by Crippen LogP contribution is -2.47. The number of anilines is 1. The van der Waals surface area contributed by atoms with Gasteiger partial charge >= 0.3 is 0 Å². The molecule has 3 aliphatic rings. The topological polar surface area (TPSA) is 15.3 Å². The second kappa shape index (κ2) is 3.72. The van der Waals surface area contributed by atoms with Crippen LogP contribution in [0.15, 0.2) is 16.6 Å². The summed E-state index contributed by atoms with van der Waals surface area (Å²) in [5.74, 6) is 0.749. The van der Waals surface area contributed by atoms with E-state index >= 15 is 0 Å².